The number of carbonyl (C=O) groups is 1. The van der Waals surface area contributed by atoms with Crippen LogP contribution < -0.4 is 0 Å². The van der Waals surface area contributed by atoms with E-state index in [1.54, 1.807) is 6.20 Å². The Morgan fingerprint density at radius 3 is 2.28 bits per heavy atom. The third kappa shape index (κ3) is 6.42. The fourth-order valence-electron chi connectivity index (χ4n) is 6.13. The van der Waals surface area contributed by atoms with Crippen LogP contribution in [0.4, 0.5) is 0 Å². The second-order valence-electron chi connectivity index (χ2n) is 11.1. The molecule has 5 nitrogen and oxygen atoms in total. The van der Waals surface area contributed by atoms with Crippen LogP contribution in [0.1, 0.15) is 79.3 Å². The Kier molecular flexibility index (Phi) is 9.24. The van der Waals surface area contributed by atoms with E-state index < -0.39 is 5.60 Å². The van der Waals surface area contributed by atoms with Gasteiger partial charge in [-0.1, -0.05) is 50.2 Å². The molecular weight excluding hydrogens is 486 g/mol. The molecular formula is C34H43NO4. The summed E-state index contributed by atoms with van der Waals surface area (Å²) in [5.74, 6) is -0.266. The van der Waals surface area contributed by atoms with Crippen LogP contribution in [-0.2, 0) is 32.5 Å². The minimum Gasteiger partial charge on any atom is -0.469 e. The summed E-state index contributed by atoms with van der Waals surface area (Å²) in [6.07, 6.45) is 8.89. The van der Waals surface area contributed by atoms with Crippen molar-refractivity contribution in [1.82, 2.24) is 4.98 Å². The highest BCUT2D eigenvalue weighted by Crippen LogP contribution is 2.41. The highest BCUT2D eigenvalue weighted by molar-refractivity contribution is 5.74. The van der Waals surface area contributed by atoms with Crippen molar-refractivity contribution < 1.29 is 19.4 Å². The maximum Gasteiger partial charge on any atom is 0.310 e. The Morgan fingerprint density at radius 2 is 1.67 bits per heavy atom. The van der Waals surface area contributed by atoms with Crippen molar-refractivity contribution in [2.24, 2.45) is 0 Å². The predicted octanol–water partition coefficient (Wildman–Crippen LogP) is 6.66. The first-order chi connectivity index (χ1) is 18.7. The molecule has 0 unspecified atom stereocenters. The smallest absolute Gasteiger partial charge is 0.310 e. The van der Waals surface area contributed by atoms with Gasteiger partial charge in [-0.15, -0.1) is 0 Å². The van der Waals surface area contributed by atoms with Crippen LogP contribution in [0.25, 0.3) is 11.1 Å². The largest absolute Gasteiger partial charge is 0.469 e. The third-order valence-electron chi connectivity index (χ3n) is 8.85. The monoisotopic (exact) mass is 529 g/mol. The number of pyridine rings is 1. The molecule has 0 radical (unpaired) electrons. The molecule has 0 spiro atoms. The second kappa shape index (κ2) is 12.4. The molecule has 0 bridgehead atoms. The van der Waals surface area contributed by atoms with Gasteiger partial charge in [0.25, 0.3) is 0 Å². The first kappa shape index (κ1) is 29.0. The maximum absolute atomic E-state index is 11.8. The molecule has 1 fully saturated rings. The lowest BCUT2D eigenvalue weighted by Crippen LogP contribution is -2.36. The Balaban J connectivity index is 1.60. The van der Waals surface area contributed by atoms with Crippen molar-refractivity contribution >= 4 is 5.97 Å². The number of esters is 1. The predicted molar refractivity (Wildman–Crippen MR) is 156 cm³/mol. The molecule has 0 saturated carbocycles. The molecule has 1 N–H and O–H groups in total. The SMILES string of the molecule is CCC(CC)(c1ccc(CCC2(O)CCOCC2)c(C)c1)c1ccc(-c2cncc(CC(=O)OC)c2)c(C)c1. The van der Waals surface area contributed by atoms with Gasteiger partial charge in [-0.25, -0.2) is 0 Å². The zero-order valence-electron chi connectivity index (χ0n) is 24.2. The van der Waals surface area contributed by atoms with Gasteiger partial charge in [-0.3, -0.25) is 9.78 Å². The standard InChI is InChI=1S/C34H43NO4/c1-6-34(7-2,29-9-8-27(24(3)18-29)12-13-33(37)14-16-39-17-15-33)30-10-11-31(25(4)19-30)28-20-26(22-35-23-28)21-32(36)38-5/h8-11,18-20,22-23,37H,6-7,12-17,21H2,1-5H3. The van der Waals surface area contributed by atoms with E-state index in [1.807, 2.05) is 12.3 Å². The number of carbonyl (C=O) groups excluding carboxylic acids is 1. The highest BCUT2D eigenvalue weighted by Gasteiger charge is 2.32. The van der Waals surface area contributed by atoms with Crippen LogP contribution >= 0.6 is 0 Å². The fourth-order valence-corrected chi connectivity index (χ4v) is 6.13. The average molecular weight is 530 g/mol. The summed E-state index contributed by atoms with van der Waals surface area (Å²) in [4.78, 5) is 16.1. The van der Waals surface area contributed by atoms with Crippen molar-refractivity contribution in [3.05, 3.63) is 88.2 Å². The highest BCUT2D eigenvalue weighted by atomic mass is 16.5. The zero-order chi connectivity index (χ0) is 28.0. The van der Waals surface area contributed by atoms with E-state index in [0.717, 1.165) is 55.2 Å². The minimum absolute atomic E-state index is 0.0868. The molecule has 0 amide bonds. The van der Waals surface area contributed by atoms with Gasteiger partial charge >= 0.3 is 5.97 Å². The Labute approximate surface area is 233 Å². The Morgan fingerprint density at radius 1 is 1.00 bits per heavy atom. The summed E-state index contributed by atoms with van der Waals surface area (Å²) in [6, 6.07) is 15.7. The van der Waals surface area contributed by atoms with Gasteiger partial charge < -0.3 is 14.6 Å². The van der Waals surface area contributed by atoms with Crippen molar-refractivity contribution in [3.8, 4) is 11.1 Å². The van der Waals surface area contributed by atoms with E-state index in [0.29, 0.717) is 13.2 Å². The second-order valence-corrected chi connectivity index (χ2v) is 11.1. The van der Waals surface area contributed by atoms with E-state index in [1.165, 1.54) is 34.9 Å². The topological polar surface area (TPSA) is 68.7 Å². The number of benzene rings is 2. The zero-order valence-corrected chi connectivity index (χ0v) is 24.2. The molecule has 1 saturated heterocycles. The van der Waals surface area contributed by atoms with Crippen LogP contribution in [0.3, 0.4) is 0 Å². The number of aryl methyl sites for hydroxylation is 3. The molecule has 4 rings (SSSR count). The number of rotatable bonds is 10. The number of aromatic nitrogens is 1. The summed E-state index contributed by atoms with van der Waals surface area (Å²) in [5, 5.41) is 10.9. The van der Waals surface area contributed by atoms with Gasteiger partial charge in [0.15, 0.2) is 0 Å². The molecule has 1 aliphatic heterocycles. The minimum atomic E-state index is -0.604. The van der Waals surface area contributed by atoms with Gasteiger partial charge in [0.05, 0.1) is 19.1 Å². The number of nitrogens with zero attached hydrogens (tertiary/aromatic N) is 1. The lowest BCUT2D eigenvalue weighted by Gasteiger charge is -2.35. The summed E-state index contributed by atoms with van der Waals surface area (Å²) in [5.41, 5.74) is 8.73. The maximum atomic E-state index is 11.8. The average Bonchev–Trinajstić information content (AvgIpc) is 2.94. The normalized spacial score (nSPS) is 15.2. The first-order valence-corrected chi connectivity index (χ1v) is 14.3. The Bertz CT molecular complexity index is 1290. The van der Waals surface area contributed by atoms with Gasteiger partial charge in [0.1, 0.15) is 0 Å². The van der Waals surface area contributed by atoms with E-state index in [-0.39, 0.29) is 17.8 Å². The Hall–Kier alpha value is -3.02. The van der Waals surface area contributed by atoms with Crippen molar-refractivity contribution in [2.45, 2.75) is 83.7 Å². The summed E-state index contributed by atoms with van der Waals surface area (Å²) < 4.78 is 10.3. The van der Waals surface area contributed by atoms with Crippen molar-refractivity contribution in [2.75, 3.05) is 20.3 Å². The van der Waals surface area contributed by atoms with Crippen molar-refractivity contribution in [1.29, 1.82) is 0 Å². The van der Waals surface area contributed by atoms with Crippen LogP contribution in [0.5, 0.6) is 0 Å². The molecule has 2 heterocycles. The van der Waals surface area contributed by atoms with E-state index >= 15 is 0 Å². The lowest BCUT2D eigenvalue weighted by molar-refractivity contribution is -0.139. The van der Waals surface area contributed by atoms with E-state index in [9.17, 15) is 9.90 Å². The van der Waals surface area contributed by atoms with Crippen LogP contribution in [-0.4, -0.2) is 42.0 Å². The van der Waals surface area contributed by atoms with Crippen LogP contribution in [0, 0.1) is 13.8 Å². The van der Waals surface area contributed by atoms with Crippen molar-refractivity contribution in [3.63, 3.8) is 0 Å². The number of ether oxygens (including phenoxy) is 2. The van der Waals surface area contributed by atoms with E-state index in [4.69, 9.17) is 9.47 Å². The number of hydrogen-bond donors (Lipinski definition) is 1. The quantitative estimate of drug-likeness (QED) is 0.297. The molecule has 1 aliphatic rings. The molecule has 0 atom stereocenters. The van der Waals surface area contributed by atoms with E-state index in [2.05, 4.69) is 69.1 Å². The molecule has 2 aromatic carbocycles. The lowest BCUT2D eigenvalue weighted by atomic mass is 9.69. The molecule has 3 aromatic rings. The number of aliphatic hydroxyl groups is 1. The van der Waals surface area contributed by atoms with Crippen LogP contribution in [0.15, 0.2) is 54.9 Å². The summed E-state index contributed by atoms with van der Waals surface area (Å²) in [6.45, 7) is 10.2. The van der Waals surface area contributed by atoms with Gasteiger partial charge in [0, 0.05) is 36.6 Å². The van der Waals surface area contributed by atoms with Gasteiger partial charge in [0.2, 0.25) is 0 Å². The molecule has 5 heteroatoms. The summed E-state index contributed by atoms with van der Waals surface area (Å²) in [7, 11) is 1.41. The molecule has 208 valence electrons. The van der Waals surface area contributed by atoms with Gasteiger partial charge in [-0.05, 0) is 97.4 Å². The number of methoxy groups -OCH3 is 1. The fraction of sp³-hybridized carbons (Fsp3) is 0.471. The summed E-state index contributed by atoms with van der Waals surface area (Å²) >= 11 is 0. The third-order valence-corrected chi connectivity index (χ3v) is 8.85. The van der Waals surface area contributed by atoms with Crippen LogP contribution in [0.2, 0.25) is 0 Å². The van der Waals surface area contributed by atoms with Gasteiger partial charge in [-0.2, -0.15) is 0 Å². The number of hydrogen-bond acceptors (Lipinski definition) is 5. The molecule has 0 aliphatic carbocycles. The first-order valence-electron chi connectivity index (χ1n) is 14.3. The molecule has 39 heavy (non-hydrogen) atoms. The molecule has 1 aromatic heterocycles.